The Morgan fingerprint density at radius 2 is 1.55 bits per heavy atom. The van der Waals surface area contributed by atoms with E-state index in [-0.39, 0.29) is 10.7 Å². The first-order valence-corrected chi connectivity index (χ1v) is 12.8. The summed E-state index contributed by atoms with van der Waals surface area (Å²) in [6.45, 7) is 0. The SMILES string of the molecule is NS(=O)(=O)c1ccc(-c2sc(SCc3ccc(Cl)cc3)nc2-c2ccc(F)cc2)cc1. The third kappa shape index (κ3) is 5.34. The van der Waals surface area contributed by atoms with Crippen molar-refractivity contribution in [1.82, 2.24) is 4.98 Å². The molecule has 31 heavy (non-hydrogen) atoms. The second-order valence-corrected chi connectivity index (χ2v) is 10.9. The van der Waals surface area contributed by atoms with Gasteiger partial charge in [0.1, 0.15) is 5.82 Å². The van der Waals surface area contributed by atoms with E-state index >= 15 is 0 Å². The second-order valence-electron chi connectivity index (χ2n) is 6.65. The van der Waals surface area contributed by atoms with Crippen LogP contribution >= 0.6 is 34.7 Å². The van der Waals surface area contributed by atoms with Crippen molar-refractivity contribution >= 4 is 44.7 Å². The predicted octanol–water partition coefficient (Wildman–Crippen LogP) is 6.21. The Hall–Kier alpha value is -2.23. The van der Waals surface area contributed by atoms with Gasteiger partial charge in [0.2, 0.25) is 10.0 Å². The van der Waals surface area contributed by atoms with Crippen LogP contribution in [0.3, 0.4) is 0 Å². The lowest BCUT2D eigenvalue weighted by Gasteiger charge is -2.04. The molecule has 3 aromatic carbocycles. The summed E-state index contributed by atoms with van der Waals surface area (Å²) in [4.78, 5) is 5.69. The number of thiazole rings is 1. The summed E-state index contributed by atoms with van der Waals surface area (Å²) in [6, 6.07) is 20.1. The molecule has 158 valence electrons. The Morgan fingerprint density at radius 1 is 0.935 bits per heavy atom. The lowest BCUT2D eigenvalue weighted by atomic mass is 10.1. The van der Waals surface area contributed by atoms with Gasteiger partial charge in [0.25, 0.3) is 0 Å². The summed E-state index contributed by atoms with van der Waals surface area (Å²) in [6.07, 6.45) is 0. The topological polar surface area (TPSA) is 73.1 Å². The molecule has 0 unspecified atom stereocenters. The van der Waals surface area contributed by atoms with Crippen molar-refractivity contribution in [2.24, 2.45) is 5.14 Å². The van der Waals surface area contributed by atoms with Gasteiger partial charge in [-0.05, 0) is 59.7 Å². The predicted molar refractivity (Wildman–Crippen MR) is 125 cm³/mol. The minimum atomic E-state index is -3.77. The summed E-state index contributed by atoms with van der Waals surface area (Å²) >= 11 is 9.04. The van der Waals surface area contributed by atoms with E-state index in [9.17, 15) is 12.8 Å². The lowest BCUT2D eigenvalue weighted by Crippen LogP contribution is -2.11. The molecular weight excluding hydrogens is 475 g/mol. The molecule has 4 nitrogen and oxygen atoms in total. The van der Waals surface area contributed by atoms with Crippen molar-refractivity contribution in [2.45, 2.75) is 15.0 Å². The van der Waals surface area contributed by atoms with E-state index in [1.54, 1.807) is 36.0 Å². The standard InChI is InChI=1S/C22H16ClFN2O2S3/c23-17-7-1-14(2-8-17)13-29-22-26-20(15-3-9-18(24)10-4-15)21(30-22)16-5-11-19(12-6-16)31(25,27)28/h1-12H,13H2,(H2,25,27,28). The van der Waals surface area contributed by atoms with Gasteiger partial charge in [0.15, 0.2) is 4.34 Å². The quantitative estimate of drug-likeness (QED) is 0.326. The number of halogens is 2. The van der Waals surface area contributed by atoms with E-state index in [2.05, 4.69) is 0 Å². The van der Waals surface area contributed by atoms with Crippen LogP contribution in [0.25, 0.3) is 21.7 Å². The molecule has 9 heteroatoms. The fraction of sp³-hybridized carbons (Fsp3) is 0.0455. The fourth-order valence-corrected chi connectivity index (χ4v) is 5.65. The minimum Gasteiger partial charge on any atom is -0.229 e. The normalized spacial score (nSPS) is 11.6. The van der Waals surface area contributed by atoms with Crippen LogP contribution in [-0.2, 0) is 15.8 Å². The largest absolute Gasteiger partial charge is 0.238 e. The van der Waals surface area contributed by atoms with Crippen LogP contribution in [0.1, 0.15) is 5.56 Å². The van der Waals surface area contributed by atoms with Gasteiger partial charge < -0.3 is 0 Å². The maximum Gasteiger partial charge on any atom is 0.238 e. The molecule has 0 aliphatic carbocycles. The maximum atomic E-state index is 13.4. The van der Waals surface area contributed by atoms with Gasteiger partial charge in [-0.1, -0.05) is 47.6 Å². The Labute approximate surface area is 193 Å². The molecule has 0 radical (unpaired) electrons. The van der Waals surface area contributed by atoms with Gasteiger partial charge in [-0.25, -0.2) is 22.9 Å². The van der Waals surface area contributed by atoms with Crippen molar-refractivity contribution in [3.63, 3.8) is 0 Å². The van der Waals surface area contributed by atoms with Crippen LogP contribution in [0.2, 0.25) is 5.02 Å². The Kier molecular flexibility index (Phi) is 6.45. The minimum absolute atomic E-state index is 0.0430. The zero-order chi connectivity index (χ0) is 22.0. The third-order valence-electron chi connectivity index (χ3n) is 4.45. The van der Waals surface area contributed by atoms with Crippen LogP contribution in [0.15, 0.2) is 82.0 Å². The Balaban J connectivity index is 1.70. The van der Waals surface area contributed by atoms with E-state index in [0.29, 0.717) is 10.7 Å². The van der Waals surface area contributed by atoms with E-state index in [1.807, 2.05) is 24.3 Å². The number of sulfonamides is 1. The van der Waals surface area contributed by atoms with Crippen molar-refractivity contribution < 1.29 is 12.8 Å². The molecule has 2 N–H and O–H groups in total. The summed E-state index contributed by atoms with van der Waals surface area (Å²) in [5, 5.41) is 5.89. The number of aromatic nitrogens is 1. The lowest BCUT2D eigenvalue weighted by molar-refractivity contribution is 0.598. The van der Waals surface area contributed by atoms with Crippen LogP contribution < -0.4 is 5.14 Å². The third-order valence-corrected chi connectivity index (χ3v) is 7.95. The van der Waals surface area contributed by atoms with Gasteiger partial charge in [0.05, 0.1) is 15.5 Å². The number of nitrogens with two attached hydrogens (primary N) is 1. The van der Waals surface area contributed by atoms with Gasteiger partial charge in [0, 0.05) is 16.3 Å². The highest BCUT2D eigenvalue weighted by molar-refractivity contribution is 8.00. The molecular formula is C22H16ClFN2O2S3. The van der Waals surface area contributed by atoms with Gasteiger partial charge in [-0.15, -0.1) is 11.3 Å². The number of hydrogen-bond acceptors (Lipinski definition) is 5. The summed E-state index contributed by atoms with van der Waals surface area (Å²) in [7, 11) is -3.77. The zero-order valence-corrected chi connectivity index (χ0v) is 19.2. The first-order valence-electron chi connectivity index (χ1n) is 9.07. The monoisotopic (exact) mass is 490 g/mol. The molecule has 4 rings (SSSR count). The van der Waals surface area contributed by atoms with Crippen molar-refractivity contribution in [1.29, 1.82) is 0 Å². The zero-order valence-electron chi connectivity index (χ0n) is 16.0. The molecule has 0 aliphatic rings. The van der Waals surface area contributed by atoms with Crippen molar-refractivity contribution in [3.8, 4) is 21.7 Å². The van der Waals surface area contributed by atoms with Crippen LogP contribution in [-0.4, -0.2) is 13.4 Å². The molecule has 1 heterocycles. The molecule has 4 aromatic rings. The van der Waals surface area contributed by atoms with Crippen LogP contribution in [0.5, 0.6) is 0 Å². The van der Waals surface area contributed by atoms with E-state index in [0.717, 1.165) is 31.7 Å². The molecule has 0 aliphatic heterocycles. The number of hydrogen-bond donors (Lipinski definition) is 1. The molecule has 0 amide bonds. The van der Waals surface area contributed by atoms with Crippen LogP contribution in [0.4, 0.5) is 4.39 Å². The molecule has 0 saturated carbocycles. The summed E-state index contributed by atoms with van der Waals surface area (Å²) in [5.74, 6) is 0.396. The molecule has 1 aromatic heterocycles. The van der Waals surface area contributed by atoms with Gasteiger partial charge in [-0.2, -0.15) is 0 Å². The van der Waals surface area contributed by atoms with Crippen LogP contribution in [0, 0.1) is 5.82 Å². The molecule has 0 spiro atoms. The smallest absolute Gasteiger partial charge is 0.229 e. The average molecular weight is 491 g/mol. The number of thioether (sulfide) groups is 1. The first-order chi connectivity index (χ1) is 14.8. The molecule has 0 atom stereocenters. The number of primary sulfonamides is 1. The highest BCUT2D eigenvalue weighted by Crippen LogP contribution is 2.41. The second kappa shape index (κ2) is 9.10. The number of rotatable bonds is 6. The Morgan fingerprint density at radius 3 is 2.16 bits per heavy atom. The Bertz CT molecular complexity index is 1300. The van der Waals surface area contributed by atoms with Gasteiger partial charge >= 0.3 is 0 Å². The van der Waals surface area contributed by atoms with Gasteiger partial charge in [-0.3, -0.25) is 0 Å². The molecule has 0 fully saturated rings. The van der Waals surface area contributed by atoms with E-state index in [1.165, 1.54) is 35.6 Å². The summed E-state index contributed by atoms with van der Waals surface area (Å²) < 4.78 is 37.4. The highest BCUT2D eigenvalue weighted by Gasteiger charge is 2.17. The van der Waals surface area contributed by atoms with E-state index in [4.69, 9.17) is 21.7 Å². The average Bonchev–Trinajstić information content (AvgIpc) is 3.18. The van der Waals surface area contributed by atoms with E-state index < -0.39 is 10.0 Å². The van der Waals surface area contributed by atoms with Crippen molar-refractivity contribution in [3.05, 3.63) is 89.2 Å². The fourth-order valence-electron chi connectivity index (χ4n) is 2.88. The number of nitrogens with zero attached hydrogens (tertiary/aromatic N) is 1. The molecule has 0 bridgehead atoms. The first kappa shape index (κ1) is 22.0. The summed E-state index contributed by atoms with van der Waals surface area (Å²) in [5.41, 5.74) is 3.42. The number of benzene rings is 3. The highest BCUT2D eigenvalue weighted by atomic mass is 35.5. The van der Waals surface area contributed by atoms with Crippen molar-refractivity contribution in [2.75, 3.05) is 0 Å². The molecule has 0 saturated heterocycles. The maximum absolute atomic E-state index is 13.4.